The Hall–Kier alpha value is -0.176. The van der Waals surface area contributed by atoms with E-state index < -0.39 is 16.6 Å². The summed E-state index contributed by atoms with van der Waals surface area (Å²) in [6.07, 6.45) is 11.7. The zero-order valence-electron chi connectivity index (χ0n) is 25.1. The number of ether oxygens (including phenoxy) is 1. The van der Waals surface area contributed by atoms with Gasteiger partial charge in [-0.15, -0.1) is 0 Å². The van der Waals surface area contributed by atoms with Crippen molar-refractivity contribution >= 4 is 22.6 Å². The van der Waals surface area contributed by atoms with Crippen molar-refractivity contribution in [1.82, 2.24) is 0 Å². The Bertz CT molecular complexity index is 804. The highest BCUT2D eigenvalue weighted by atomic mass is 28.4. The van der Waals surface area contributed by atoms with Gasteiger partial charge >= 0.3 is 5.97 Å². The predicted molar refractivity (Wildman–Crippen MR) is 153 cm³/mol. The normalized spacial score (nSPS) is 43.8. The first-order chi connectivity index (χ1) is 16.6. The van der Waals surface area contributed by atoms with Crippen LogP contribution >= 0.6 is 0 Å². The van der Waals surface area contributed by atoms with Gasteiger partial charge in [-0.25, -0.2) is 0 Å². The second-order valence-electron chi connectivity index (χ2n) is 15.5. The molecule has 0 amide bonds. The van der Waals surface area contributed by atoms with Gasteiger partial charge in [0.1, 0.15) is 0 Å². The molecule has 4 nitrogen and oxygen atoms in total. The molecule has 10 atom stereocenters. The molecular weight excluding hydrogens is 480 g/mol. The fourth-order valence-electron chi connectivity index (χ4n) is 9.81. The van der Waals surface area contributed by atoms with Gasteiger partial charge in [0.25, 0.3) is 0 Å². The summed E-state index contributed by atoms with van der Waals surface area (Å²) in [6, 6.07) is 0. The number of carbonyl (C=O) groups excluding carboxylic acids is 1. The van der Waals surface area contributed by atoms with Crippen molar-refractivity contribution < 1.29 is 18.4 Å². The monoisotopic (exact) mass is 536 g/mol. The fourth-order valence-corrected chi connectivity index (χ4v) is 12.2. The van der Waals surface area contributed by atoms with Crippen LogP contribution in [0.2, 0.25) is 39.3 Å². The van der Waals surface area contributed by atoms with Gasteiger partial charge in [-0.05, 0) is 137 Å². The van der Waals surface area contributed by atoms with E-state index in [-0.39, 0.29) is 11.4 Å². The van der Waals surface area contributed by atoms with Crippen molar-refractivity contribution in [2.75, 3.05) is 7.11 Å². The molecule has 0 heterocycles. The minimum Gasteiger partial charge on any atom is -0.469 e. The van der Waals surface area contributed by atoms with Crippen molar-refractivity contribution in [2.45, 2.75) is 130 Å². The first-order valence-electron chi connectivity index (χ1n) is 15.0. The van der Waals surface area contributed by atoms with Crippen molar-refractivity contribution in [1.29, 1.82) is 0 Å². The topological polar surface area (TPSA) is 44.8 Å². The van der Waals surface area contributed by atoms with E-state index in [1.165, 1.54) is 58.5 Å². The zero-order chi connectivity index (χ0) is 26.7. The highest BCUT2D eigenvalue weighted by Gasteiger charge is 2.64. The molecule has 4 rings (SSSR count). The van der Waals surface area contributed by atoms with Gasteiger partial charge in [-0.3, -0.25) is 4.79 Å². The minimum atomic E-state index is -1.72. The summed E-state index contributed by atoms with van der Waals surface area (Å²) < 4.78 is 18.9. The van der Waals surface area contributed by atoms with Crippen LogP contribution in [0.15, 0.2) is 0 Å². The molecule has 0 aromatic carbocycles. The lowest BCUT2D eigenvalue weighted by Gasteiger charge is -2.64. The molecule has 0 radical (unpaired) electrons. The number of esters is 1. The molecule has 0 aromatic rings. The van der Waals surface area contributed by atoms with Crippen molar-refractivity contribution in [3.8, 4) is 0 Å². The standard InChI is InChI=1S/C30H56O4Si2/c1-20(17-28(31)32-4)24-13-14-25-23-12-11-21-18-22(33-35(5,6)7)15-16-29(21,2)26(23)19-27(30(24,25)3)34-36(8,9)10/h20-27H,11-19H2,1-10H3/t20-,21?,22-,23?,24?,25?,26?,27+,29+,30-/m1/s1. The van der Waals surface area contributed by atoms with Crippen molar-refractivity contribution in [2.24, 2.45) is 46.3 Å². The Morgan fingerprint density at radius 1 is 0.889 bits per heavy atom. The number of hydrogen-bond donors (Lipinski definition) is 0. The van der Waals surface area contributed by atoms with Gasteiger partial charge < -0.3 is 13.6 Å². The van der Waals surface area contributed by atoms with Crippen LogP contribution in [0.5, 0.6) is 0 Å². The molecule has 4 saturated carbocycles. The third-order valence-corrected chi connectivity index (χ3v) is 13.2. The molecule has 0 saturated heterocycles. The van der Waals surface area contributed by atoms with E-state index in [9.17, 15) is 4.79 Å². The van der Waals surface area contributed by atoms with E-state index in [1.54, 1.807) is 0 Å². The average Bonchev–Trinajstić information content (AvgIpc) is 3.11. The smallest absolute Gasteiger partial charge is 0.305 e. The van der Waals surface area contributed by atoms with Crippen LogP contribution in [0.4, 0.5) is 0 Å². The summed E-state index contributed by atoms with van der Waals surface area (Å²) >= 11 is 0. The molecule has 0 bridgehead atoms. The lowest BCUT2D eigenvalue weighted by Crippen LogP contribution is -2.60. The lowest BCUT2D eigenvalue weighted by atomic mass is 9.43. The van der Waals surface area contributed by atoms with E-state index in [4.69, 9.17) is 13.6 Å². The maximum Gasteiger partial charge on any atom is 0.305 e. The highest BCUT2D eigenvalue weighted by molar-refractivity contribution is 6.70. The predicted octanol–water partition coefficient (Wildman–Crippen LogP) is 7.89. The van der Waals surface area contributed by atoms with Crippen LogP contribution in [0.3, 0.4) is 0 Å². The summed E-state index contributed by atoms with van der Waals surface area (Å²) in [6.45, 7) is 21.6. The number of rotatable bonds is 7. The van der Waals surface area contributed by atoms with Crippen LogP contribution in [-0.2, 0) is 18.4 Å². The molecule has 6 heteroatoms. The molecule has 208 valence electrons. The van der Waals surface area contributed by atoms with E-state index in [0.717, 1.165) is 23.7 Å². The van der Waals surface area contributed by atoms with Gasteiger partial charge in [-0.1, -0.05) is 20.8 Å². The second kappa shape index (κ2) is 10.1. The zero-order valence-corrected chi connectivity index (χ0v) is 27.1. The first kappa shape index (κ1) is 28.8. The van der Waals surface area contributed by atoms with E-state index >= 15 is 0 Å². The molecule has 0 aromatic heterocycles. The molecule has 0 spiro atoms. The summed E-state index contributed by atoms with van der Waals surface area (Å²) in [5.41, 5.74) is 0.580. The third kappa shape index (κ3) is 5.44. The third-order valence-electron chi connectivity index (χ3n) is 11.2. The van der Waals surface area contributed by atoms with Gasteiger partial charge in [0, 0.05) is 12.5 Å². The Labute approximate surface area is 224 Å². The Morgan fingerprint density at radius 2 is 1.56 bits per heavy atom. The molecule has 4 aliphatic rings. The van der Waals surface area contributed by atoms with Gasteiger partial charge in [0.2, 0.25) is 0 Å². The van der Waals surface area contributed by atoms with Crippen LogP contribution < -0.4 is 0 Å². The average molecular weight is 537 g/mol. The molecular formula is C30H56O4Si2. The lowest BCUT2D eigenvalue weighted by molar-refractivity contribution is -0.170. The second-order valence-corrected chi connectivity index (χ2v) is 24.5. The summed E-state index contributed by atoms with van der Waals surface area (Å²) in [5.74, 6) is 3.91. The number of fused-ring (bicyclic) bond motifs is 5. The Kier molecular flexibility index (Phi) is 8.08. The van der Waals surface area contributed by atoms with Crippen LogP contribution in [-0.4, -0.2) is 41.9 Å². The maximum atomic E-state index is 12.2. The summed E-state index contributed by atoms with van der Waals surface area (Å²) in [4.78, 5) is 12.2. The Balaban J connectivity index is 1.62. The minimum absolute atomic E-state index is 0.0591. The molecule has 4 fully saturated rings. The van der Waals surface area contributed by atoms with Crippen LogP contribution in [0.25, 0.3) is 0 Å². The first-order valence-corrected chi connectivity index (χ1v) is 21.8. The fraction of sp³-hybridized carbons (Fsp3) is 0.967. The SMILES string of the molecule is COC(=O)C[C@@H](C)C1CCC2C3CCC4C[C@H](O[Si](C)(C)C)CC[C@]4(C)C3C[C@H](O[Si](C)(C)C)[C@@]21C. The van der Waals surface area contributed by atoms with Gasteiger partial charge in [-0.2, -0.15) is 0 Å². The van der Waals surface area contributed by atoms with Crippen LogP contribution in [0.1, 0.15) is 78.6 Å². The van der Waals surface area contributed by atoms with Crippen LogP contribution in [0, 0.1) is 46.3 Å². The van der Waals surface area contributed by atoms with E-state index in [1.807, 2.05) is 0 Å². The summed E-state index contributed by atoms with van der Waals surface area (Å²) in [7, 11) is -1.70. The van der Waals surface area contributed by atoms with E-state index in [2.05, 4.69) is 60.1 Å². The molecule has 4 aliphatic carbocycles. The summed E-state index contributed by atoms with van der Waals surface area (Å²) in [5, 5.41) is 0. The van der Waals surface area contributed by atoms with Crippen molar-refractivity contribution in [3.63, 3.8) is 0 Å². The van der Waals surface area contributed by atoms with Crippen molar-refractivity contribution in [3.05, 3.63) is 0 Å². The maximum absolute atomic E-state index is 12.2. The molecule has 36 heavy (non-hydrogen) atoms. The highest BCUT2D eigenvalue weighted by Crippen LogP contribution is 2.69. The quantitative estimate of drug-likeness (QED) is 0.245. The Morgan fingerprint density at radius 3 is 2.17 bits per heavy atom. The molecule has 0 N–H and O–H groups in total. The number of hydrogen-bond acceptors (Lipinski definition) is 4. The number of methoxy groups -OCH3 is 1. The molecule has 0 aliphatic heterocycles. The van der Waals surface area contributed by atoms with E-state index in [0.29, 0.717) is 35.9 Å². The van der Waals surface area contributed by atoms with Gasteiger partial charge in [0.15, 0.2) is 16.6 Å². The largest absolute Gasteiger partial charge is 0.469 e. The number of carbonyl (C=O) groups is 1. The molecule has 5 unspecified atom stereocenters. The van der Waals surface area contributed by atoms with Gasteiger partial charge in [0.05, 0.1) is 13.2 Å².